The molecule has 4 nitrogen and oxygen atoms in total. The number of halogens is 2. The number of ether oxygens (including phenoxy) is 1. The Labute approximate surface area is 159 Å². The zero-order valence-corrected chi connectivity index (χ0v) is 15.3. The minimum atomic E-state index is -0.878. The lowest BCUT2D eigenvalue weighted by molar-refractivity contribution is 0.0937. The van der Waals surface area contributed by atoms with Crippen LogP contribution in [0.2, 0.25) is 0 Å². The third-order valence-corrected chi connectivity index (χ3v) is 5.64. The van der Waals surface area contributed by atoms with Gasteiger partial charge in [0.05, 0.1) is 23.6 Å². The SMILES string of the molecule is O=c1c2ccccc2nc(SCc2ccc(F)c(F)c2)n1C[C@H]1CCCO1. The normalized spacial score (nSPS) is 16.9. The molecular formula is C20H18F2N2O2S. The third-order valence-electron chi connectivity index (χ3n) is 4.59. The van der Waals surface area contributed by atoms with E-state index < -0.39 is 11.6 Å². The van der Waals surface area contributed by atoms with Crippen molar-refractivity contribution in [3.8, 4) is 0 Å². The molecule has 0 spiro atoms. The van der Waals surface area contributed by atoms with Crippen molar-refractivity contribution in [2.75, 3.05) is 6.61 Å². The molecule has 1 aromatic heterocycles. The Bertz CT molecular complexity index is 1030. The standard InChI is InChI=1S/C20H18F2N2O2S/c21-16-8-7-13(10-17(16)22)12-27-20-23-18-6-2-1-5-15(18)19(25)24(20)11-14-4-3-9-26-14/h1-2,5-8,10,14H,3-4,9,11-12H2/t14-/m1/s1. The molecule has 1 saturated heterocycles. The van der Waals surface area contributed by atoms with E-state index in [1.54, 1.807) is 16.7 Å². The van der Waals surface area contributed by atoms with Crippen LogP contribution < -0.4 is 5.56 Å². The molecule has 0 bridgehead atoms. The highest BCUT2D eigenvalue weighted by atomic mass is 32.2. The zero-order valence-electron chi connectivity index (χ0n) is 14.5. The van der Waals surface area contributed by atoms with Crippen LogP contribution in [0.15, 0.2) is 52.4 Å². The van der Waals surface area contributed by atoms with Crippen molar-refractivity contribution in [3.63, 3.8) is 0 Å². The van der Waals surface area contributed by atoms with Crippen molar-refractivity contribution >= 4 is 22.7 Å². The highest BCUT2D eigenvalue weighted by Gasteiger charge is 2.20. The molecular weight excluding hydrogens is 370 g/mol. The number of hydrogen-bond acceptors (Lipinski definition) is 4. The fourth-order valence-corrected chi connectivity index (χ4v) is 4.14. The van der Waals surface area contributed by atoms with E-state index in [0.717, 1.165) is 18.9 Å². The molecule has 7 heteroatoms. The molecule has 2 heterocycles. The van der Waals surface area contributed by atoms with Gasteiger partial charge in [0, 0.05) is 12.4 Å². The Morgan fingerprint density at radius 1 is 1.19 bits per heavy atom. The molecule has 3 aromatic rings. The Morgan fingerprint density at radius 3 is 2.81 bits per heavy atom. The molecule has 1 aliphatic rings. The monoisotopic (exact) mass is 388 g/mol. The number of aromatic nitrogens is 2. The van der Waals surface area contributed by atoms with E-state index in [1.165, 1.54) is 23.9 Å². The molecule has 0 N–H and O–H groups in total. The smallest absolute Gasteiger partial charge is 0.262 e. The number of para-hydroxylation sites is 1. The van der Waals surface area contributed by atoms with Crippen molar-refractivity contribution in [1.29, 1.82) is 0 Å². The average molecular weight is 388 g/mol. The van der Waals surface area contributed by atoms with Gasteiger partial charge in [0.1, 0.15) is 0 Å². The Balaban J connectivity index is 1.68. The summed E-state index contributed by atoms with van der Waals surface area (Å²) >= 11 is 1.33. The van der Waals surface area contributed by atoms with Crippen LogP contribution in [0.4, 0.5) is 8.78 Å². The molecule has 0 saturated carbocycles. The lowest BCUT2D eigenvalue weighted by Crippen LogP contribution is -2.28. The van der Waals surface area contributed by atoms with Crippen molar-refractivity contribution in [3.05, 3.63) is 70.0 Å². The van der Waals surface area contributed by atoms with Crippen LogP contribution >= 0.6 is 11.8 Å². The van der Waals surface area contributed by atoms with Gasteiger partial charge >= 0.3 is 0 Å². The summed E-state index contributed by atoms with van der Waals surface area (Å²) in [7, 11) is 0. The summed E-state index contributed by atoms with van der Waals surface area (Å²) in [5.74, 6) is -1.37. The van der Waals surface area contributed by atoms with Crippen LogP contribution in [0, 0.1) is 11.6 Å². The quantitative estimate of drug-likeness (QED) is 0.487. The number of nitrogens with zero attached hydrogens (tertiary/aromatic N) is 2. The zero-order chi connectivity index (χ0) is 18.8. The first-order valence-corrected chi connectivity index (χ1v) is 9.78. The molecule has 0 aliphatic carbocycles. The number of hydrogen-bond donors (Lipinski definition) is 0. The molecule has 0 radical (unpaired) electrons. The molecule has 140 valence electrons. The third kappa shape index (κ3) is 3.89. The first kappa shape index (κ1) is 18.1. The van der Waals surface area contributed by atoms with E-state index in [4.69, 9.17) is 4.74 Å². The lowest BCUT2D eigenvalue weighted by atomic mass is 10.2. The van der Waals surface area contributed by atoms with Crippen molar-refractivity contribution in [2.24, 2.45) is 0 Å². The fourth-order valence-electron chi connectivity index (χ4n) is 3.19. The first-order chi connectivity index (χ1) is 13.1. The predicted octanol–water partition coefficient (Wildman–Crippen LogP) is 4.15. The van der Waals surface area contributed by atoms with Crippen molar-refractivity contribution in [2.45, 2.75) is 36.4 Å². The number of benzene rings is 2. The summed E-state index contributed by atoms with van der Waals surface area (Å²) in [6.07, 6.45) is 1.89. The summed E-state index contributed by atoms with van der Waals surface area (Å²) in [5.41, 5.74) is 1.15. The fraction of sp³-hybridized carbons (Fsp3) is 0.300. The van der Waals surface area contributed by atoms with Crippen LogP contribution in [-0.4, -0.2) is 22.3 Å². The molecule has 0 amide bonds. The second-order valence-electron chi connectivity index (χ2n) is 6.50. The van der Waals surface area contributed by atoms with E-state index in [2.05, 4.69) is 4.98 Å². The van der Waals surface area contributed by atoms with E-state index >= 15 is 0 Å². The minimum Gasteiger partial charge on any atom is -0.376 e. The largest absolute Gasteiger partial charge is 0.376 e. The van der Waals surface area contributed by atoms with Crippen LogP contribution in [0.25, 0.3) is 10.9 Å². The van der Waals surface area contributed by atoms with Crippen molar-refractivity contribution in [1.82, 2.24) is 9.55 Å². The maximum Gasteiger partial charge on any atom is 0.262 e. The maximum atomic E-state index is 13.5. The second kappa shape index (κ2) is 7.78. The van der Waals surface area contributed by atoms with Gasteiger partial charge in [-0.3, -0.25) is 9.36 Å². The summed E-state index contributed by atoms with van der Waals surface area (Å²) in [4.78, 5) is 17.6. The summed E-state index contributed by atoms with van der Waals surface area (Å²) in [5, 5.41) is 1.12. The van der Waals surface area contributed by atoms with Crippen LogP contribution in [-0.2, 0) is 17.0 Å². The van der Waals surface area contributed by atoms with Gasteiger partial charge < -0.3 is 4.74 Å². The van der Waals surface area contributed by atoms with Gasteiger partial charge in [0.15, 0.2) is 16.8 Å². The molecule has 1 fully saturated rings. The second-order valence-corrected chi connectivity index (χ2v) is 7.44. The van der Waals surface area contributed by atoms with E-state index in [9.17, 15) is 13.6 Å². The Morgan fingerprint density at radius 2 is 2.04 bits per heavy atom. The number of fused-ring (bicyclic) bond motifs is 1. The first-order valence-electron chi connectivity index (χ1n) is 8.80. The highest BCUT2D eigenvalue weighted by Crippen LogP contribution is 2.24. The molecule has 0 unspecified atom stereocenters. The average Bonchev–Trinajstić information content (AvgIpc) is 3.18. The Hall–Kier alpha value is -2.25. The number of thioether (sulfide) groups is 1. The van der Waals surface area contributed by atoms with Gasteiger partial charge in [0.25, 0.3) is 5.56 Å². The molecule has 27 heavy (non-hydrogen) atoms. The van der Waals surface area contributed by atoms with E-state index in [1.807, 2.05) is 12.1 Å². The van der Waals surface area contributed by atoms with Gasteiger partial charge in [-0.15, -0.1) is 0 Å². The van der Waals surface area contributed by atoms with Gasteiger partial charge in [-0.2, -0.15) is 0 Å². The van der Waals surface area contributed by atoms with Gasteiger partial charge in [-0.05, 0) is 42.7 Å². The van der Waals surface area contributed by atoms with Gasteiger partial charge in [-0.25, -0.2) is 13.8 Å². The highest BCUT2D eigenvalue weighted by molar-refractivity contribution is 7.98. The number of rotatable bonds is 5. The maximum absolute atomic E-state index is 13.5. The molecule has 1 atom stereocenters. The van der Waals surface area contributed by atoms with Gasteiger partial charge in [-0.1, -0.05) is 30.0 Å². The van der Waals surface area contributed by atoms with Crippen LogP contribution in [0.3, 0.4) is 0 Å². The lowest BCUT2D eigenvalue weighted by Gasteiger charge is -2.16. The Kier molecular flexibility index (Phi) is 5.22. The summed E-state index contributed by atoms with van der Waals surface area (Å²) in [6, 6.07) is 11.0. The van der Waals surface area contributed by atoms with E-state index in [0.29, 0.717) is 40.5 Å². The van der Waals surface area contributed by atoms with Crippen molar-refractivity contribution < 1.29 is 13.5 Å². The van der Waals surface area contributed by atoms with Gasteiger partial charge in [0.2, 0.25) is 0 Å². The topological polar surface area (TPSA) is 44.1 Å². The van der Waals surface area contributed by atoms with Crippen LogP contribution in [0.5, 0.6) is 0 Å². The molecule has 2 aromatic carbocycles. The predicted molar refractivity (Wildman–Crippen MR) is 101 cm³/mol. The van der Waals surface area contributed by atoms with Crippen LogP contribution in [0.1, 0.15) is 18.4 Å². The van der Waals surface area contributed by atoms with E-state index in [-0.39, 0.29) is 11.7 Å². The minimum absolute atomic E-state index is 0.00622. The summed E-state index contributed by atoms with van der Waals surface area (Å²) < 4.78 is 33.9. The summed E-state index contributed by atoms with van der Waals surface area (Å²) in [6.45, 7) is 1.15. The molecule has 1 aliphatic heterocycles. The molecule has 4 rings (SSSR count).